The molecular formula is C32H25N3O5S. The molecule has 0 aliphatic carbocycles. The van der Waals surface area contributed by atoms with Gasteiger partial charge in [-0.3, -0.25) is 0 Å². The Hall–Kier alpha value is -5.20. The molecule has 0 aliphatic heterocycles. The van der Waals surface area contributed by atoms with E-state index in [1.807, 2.05) is 54.2 Å². The number of aryl methyl sites for hydroxylation is 1. The van der Waals surface area contributed by atoms with Crippen LogP contribution in [0.25, 0.3) is 27.6 Å². The number of furan rings is 1. The van der Waals surface area contributed by atoms with Gasteiger partial charge in [-0.1, -0.05) is 12.1 Å². The van der Waals surface area contributed by atoms with Crippen molar-refractivity contribution in [1.82, 2.24) is 13.4 Å². The number of ether oxygens (including phenoxy) is 1. The molecule has 0 N–H and O–H groups in total. The van der Waals surface area contributed by atoms with Gasteiger partial charge in [0, 0.05) is 42.6 Å². The number of aromatic nitrogens is 2. The summed E-state index contributed by atoms with van der Waals surface area (Å²) < 4.78 is 43.4. The fourth-order valence-electron chi connectivity index (χ4n) is 4.82. The largest absolute Gasteiger partial charge is 0.465 e. The minimum absolute atomic E-state index is 0.0130. The summed E-state index contributed by atoms with van der Waals surface area (Å²) in [4.78, 5) is 12.7. The lowest BCUT2D eigenvalue weighted by atomic mass is 10.1. The number of hydrogen-bond acceptors (Lipinski definition) is 5. The molecule has 3 aromatic heterocycles. The van der Waals surface area contributed by atoms with Crippen molar-refractivity contribution in [1.29, 1.82) is 0 Å². The highest BCUT2D eigenvalue weighted by Crippen LogP contribution is 2.26. The van der Waals surface area contributed by atoms with Crippen molar-refractivity contribution in [3.8, 4) is 17.7 Å². The lowest BCUT2D eigenvalue weighted by molar-refractivity contribution is 0.0600. The number of rotatable bonds is 6. The molecule has 9 heteroatoms. The molecule has 6 rings (SSSR count). The Morgan fingerprint density at radius 3 is 2.59 bits per heavy atom. The first kappa shape index (κ1) is 26.0. The molecule has 0 bridgehead atoms. The molecule has 0 spiro atoms. The predicted molar refractivity (Wildman–Crippen MR) is 156 cm³/mol. The van der Waals surface area contributed by atoms with Gasteiger partial charge in [-0.15, -0.1) is 0 Å². The number of methoxy groups -OCH3 is 1. The van der Waals surface area contributed by atoms with Gasteiger partial charge in [0.15, 0.2) is 0 Å². The van der Waals surface area contributed by atoms with Crippen LogP contribution in [0.4, 0.5) is 0 Å². The van der Waals surface area contributed by atoms with Gasteiger partial charge in [0.1, 0.15) is 5.58 Å². The normalized spacial score (nSPS) is 11.4. The fourth-order valence-corrected chi connectivity index (χ4v) is 6.07. The summed E-state index contributed by atoms with van der Waals surface area (Å²) in [6, 6.07) is 25.9. The number of sulfonamides is 1. The summed E-state index contributed by atoms with van der Waals surface area (Å²) >= 11 is 0. The molecule has 0 saturated heterocycles. The lowest BCUT2D eigenvalue weighted by Gasteiger charge is -2.19. The van der Waals surface area contributed by atoms with Crippen LogP contribution in [0.2, 0.25) is 0 Å². The smallest absolute Gasteiger partial charge is 0.340 e. The monoisotopic (exact) mass is 563 g/mol. The van der Waals surface area contributed by atoms with E-state index in [0.29, 0.717) is 27.8 Å². The van der Waals surface area contributed by atoms with E-state index in [1.165, 1.54) is 19.4 Å². The van der Waals surface area contributed by atoms with Crippen molar-refractivity contribution in [2.75, 3.05) is 7.11 Å². The van der Waals surface area contributed by atoms with Gasteiger partial charge < -0.3 is 18.3 Å². The molecule has 0 unspecified atom stereocenters. The molecule has 3 aromatic carbocycles. The van der Waals surface area contributed by atoms with Crippen LogP contribution in [-0.4, -0.2) is 34.9 Å². The topological polar surface area (TPSA) is 86.7 Å². The summed E-state index contributed by atoms with van der Waals surface area (Å²) in [6.07, 6.45) is 7.05. The maximum Gasteiger partial charge on any atom is 0.340 e. The molecule has 0 atom stereocenters. The second-order valence-corrected chi connectivity index (χ2v) is 11.3. The highest BCUT2D eigenvalue weighted by Gasteiger charge is 2.24. The Morgan fingerprint density at radius 1 is 0.951 bits per heavy atom. The van der Waals surface area contributed by atoms with Gasteiger partial charge in [-0.25, -0.2) is 17.5 Å². The van der Waals surface area contributed by atoms with Gasteiger partial charge in [-0.05, 0) is 83.6 Å². The third-order valence-corrected chi connectivity index (χ3v) is 8.56. The van der Waals surface area contributed by atoms with E-state index >= 15 is 0 Å². The lowest BCUT2D eigenvalue weighted by Crippen LogP contribution is -2.26. The van der Waals surface area contributed by atoms with E-state index in [0.717, 1.165) is 20.8 Å². The Bertz CT molecular complexity index is 2080. The van der Waals surface area contributed by atoms with Crippen LogP contribution in [0.15, 0.2) is 113 Å². The zero-order valence-corrected chi connectivity index (χ0v) is 23.1. The second-order valence-electron chi connectivity index (χ2n) is 9.47. The van der Waals surface area contributed by atoms with Crippen molar-refractivity contribution in [3.05, 3.63) is 120 Å². The molecule has 0 aliphatic rings. The first-order valence-corrected chi connectivity index (χ1v) is 14.2. The van der Waals surface area contributed by atoms with E-state index < -0.39 is 16.0 Å². The number of carbonyl (C=O) groups excluding carboxylic acids is 1. The van der Waals surface area contributed by atoms with E-state index in [2.05, 4.69) is 12.0 Å². The number of hydrogen-bond donors (Lipinski definition) is 0. The van der Waals surface area contributed by atoms with Crippen LogP contribution < -0.4 is 0 Å². The van der Waals surface area contributed by atoms with Crippen LogP contribution in [-0.2, 0) is 28.4 Å². The Kier molecular flexibility index (Phi) is 6.61. The summed E-state index contributed by atoms with van der Waals surface area (Å²) in [7, 11) is -0.796. The number of para-hydroxylation sites is 1. The highest BCUT2D eigenvalue weighted by molar-refractivity contribution is 7.89. The predicted octanol–water partition coefficient (Wildman–Crippen LogP) is 5.70. The number of esters is 1. The summed E-state index contributed by atoms with van der Waals surface area (Å²) in [6.45, 7) is 0.0130. The second kappa shape index (κ2) is 10.4. The van der Waals surface area contributed by atoms with Crippen LogP contribution in [0.1, 0.15) is 21.5 Å². The van der Waals surface area contributed by atoms with Gasteiger partial charge in [-0.2, -0.15) is 0 Å². The molecule has 0 fully saturated rings. The minimum Gasteiger partial charge on any atom is -0.465 e. The van der Waals surface area contributed by atoms with Crippen LogP contribution in [0.5, 0.6) is 0 Å². The quantitative estimate of drug-likeness (QED) is 0.147. The van der Waals surface area contributed by atoms with Gasteiger partial charge >= 0.3 is 5.97 Å². The van der Waals surface area contributed by atoms with Crippen molar-refractivity contribution in [2.24, 2.45) is 7.05 Å². The van der Waals surface area contributed by atoms with Gasteiger partial charge in [0.25, 0.3) is 10.0 Å². The van der Waals surface area contributed by atoms with Gasteiger partial charge in [0.05, 0.1) is 41.6 Å². The highest BCUT2D eigenvalue weighted by atomic mass is 32.2. The third-order valence-electron chi connectivity index (χ3n) is 6.91. The minimum atomic E-state index is -4.07. The molecule has 41 heavy (non-hydrogen) atoms. The molecule has 6 aromatic rings. The SMILES string of the molecule is COC(=O)c1cccc(C#CN(Cc2ccc3c(ccn3C)c2)S(=O)(=O)c2ccc3occc3c2)c1-n1cccc1. The standard InChI is InChI=1S/C32H25N3O5S/c1-33-17-12-25-20-23(8-10-29(25)33)22-35(41(37,38)27-9-11-30-26(21-27)14-19-40-30)18-13-24-6-5-7-28(32(36)39-2)31(24)34-15-3-4-16-34/h3-12,14-17,19-21H,22H2,1-2H3. The van der Waals surface area contributed by atoms with Crippen molar-refractivity contribution < 1.29 is 22.4 Å². The Balaban J connectivity index is 1.48. The number of fused-ring (bicyclic) bond motifs is 2. The Labute approximate surface area is 237 Å². The molecule has 0 amide bonds. The van der Waals surface area contributed by atoms with Crippen molar-refractivity contribution in [2.45, 2.75) is 11.4 Å². The average molecular weight is 564 g/mol. The van der Waals surface area contributed by atoms with Crippen LogP contribution in [0.3, 0.4) is 0 Å². The molecule has 8 nitrogen and oxygen atoms in total. The van der Waals surface area contributed by atoms with E-state index in [4.69, 9.17) is 9.15 Å². The maximum atomic E-state index is 14.0. The maximum absolute atomic E-state index is 14.0. The first-order valence-electron chi connectivity index (χ1n) is 12.8. The molecule has 3 heterocycles. The van der Waals surface area contributed by atoms with Crippen molar-refractivity contribution >= 4 is 37.9 Å². The van der Waals surface area contributed by atoms with E-state index in [-0.39, 0.29) is 11.4 Å². The summed E-state index contributed by atoms with van der Waals surface area (Å²) in [5, 5.41) is 1.67. The first-order chi connectivity index (χ1) is 19.8. The van der Waals surface area contributed by atoms with Crippen LogP contribution >= 0.6 is 0 Å². The van der Waals surface area contributed by atoms with E-state index in [1.54, 1.807) is 53.4 Å². The number of benzene rings is 3. The fraction of sp³-hybridized carbons (Fsp3) is 0.0938. The van der Waals surface area contributed by atoms with E-state index in [9.17, 15) is 13.2 Å². The van der Waals surface area contributed by atoms with Gasteiger partial charge in [0.2, 0.25) is 0 Å². The zero-order chi connectivity index (χ0) is 28.6. The molecule has 0 radical (unpaired) electrons. The number of carbonyl (C=O) groups is 1. The molecular weight excluding hydrogens is 538 g/mol. The summed E-state index contributed by atoms with van der Waals surface area (Å²) in [5.41, 5.74) is 3.68. The third kappa shape index (κ3) is 4.86. The number of nitrogens with zero attached hydrogens (tertiary/aromatic N) is 3. The molecule has 204 valence electrons. The zero-order valence-electron chi connectivity index (χ0n) is 22.3. The molecule has 0 saturated carbocycles. The Morgan fingerprint density at radius 2 is 1.78 bits per heavy atom. The van der Waals surface area contributed by atoms with Crippen LogP contribution in [0, 0.1) is 12.0 Å². The van der Waals surface area contributed by atoms with Crippen molar-refractivity contribution in [3.63, 3.8) is 0 Å². The average Bonchev–Trinajstić information content (AvgIpc) is 3.76. The summed E-state index contributed by atoms with van der Waals surface area (Å²) in [5.74, 6) is 2.51.